The molecule has 0 bridgehead atoms. The molecule has 2 atom stereocenters. The van der Waals surface area contributed by atoms with Crippen LogP contribution in [0.3, 0.4) is 0 Å². The van der Waals surface area contributed by atoms with Gasteiger partial charge >= 0.3 is 0 Å². The van der Waals surface area contributed by atoms with Crippen LogP contribution < -0.4 is 16.0 Å². The summed E-state index contributed by atoms with van der Waals surface area (Å²) in [6.07, 6.45) is 2.65. The molecule has 0 spiro atoms. The maximum Gasteiger partial charge on any atom is 0.237 e. The molecule has 0 aliphatic carbocycles. The molecule has 2 unspecified atom stereocenters. The van der Waals surface area contributed by atoms with E-state index in [0.717, 1.165) is 25.3 Å². The zero-order chi connectivity index (χ0) is 13.0. The van der Waals surface area contributed by atoms with Crippen LogP contribution in [0.4, 0.5) is 0 Å². The maximum absolute atomic E-state index is 11.9. The predicted octanol–water partition coefficient (Wildman–Crippen LogP) is 0.626. The molecule has 0 saturated carbocycles. The summed E-state index contributed by atoms with van der Waals surface area (Å²) < 4.78 is 5.17. The van der Waals surface area contributed by atoms with Crippen LogP contribution in [0.25, 0.3) is 0 Å². The summed E-state index contributed by atoms with van der Waals surface area (Å²) in [5, 5.41) is 9.54. The van der Waals surface area contributed by atoms with Gasteiger partial charge in [0, 0.05) is 12.1 Å². The molecule has 1 saturated heterocycles. The van der Waals surface area contributed by atoms with Gasteiger partial charge in [-0.15, -0.1) is 0 Å². The molecule has 5 nitrogen and oxygen atoms in total. The van der Waals surface area contributed by atoms with Gasteiger partial charge in [-0.2, -0.15) is 0 Å². The van der Waals surface area contributed by atoms with Gasteiger partial charge in [0.25, 0.3) is 0 Å². The Balaban J connectivity index is 1.77. The summed E-state index contributed by atoms with van der Waals surface area (Å²) >= 11 is 0. The molecular formula is C13H21N3O2. The average Bonchev–Trinajstić information content (AvgIpc) is 2.97. The van der Waals surface area contributed by atoms with Crippen molar-refractivity contribution in [2.24, 2.45) is 0 Å². The summed E-state index contributed by atoms with van der Waals surface area (Å²) in [4.78, 5) is 11.9. The Morgan fingerprint density at radius 1 is 1.67 bits per heavy atom. The number of hydrogen-bond donors (Lipinski definition) is 3. The van der Waals surface area contributed by atoms with Gasteiger partial charge in [-0.1, -0.05) is 0 Å². The topological polar surface area (TPSA) is 66.3 Å². The van der Waals surface area contributed by atoms with E-state index in [1.165, 1.54) is 0 Å². The lowest BCUT2D eigenvalue weighted by Gasteiger charge is -2.28. The predicted molar refractivity (Wildman–Crippen MR) is 69.0 cm³/mol. The highest BCUT2D eigenvalue weighted by Crippen LogP contribution is 2.14. The molecule has 1 amide bonds. The van der Waals surface area contributed by atoms with Crippen LogP contribution in [0.1, 0.15) is 26.0 Å². The molecule has 0 aromatic carbocycles. The zero-order valence-electron chi connectivity index (χ0n) is 11.0. The molecule has 3 N–H and O–H groups in total. The molecule has 2 heterocycles. The molecule has 5 heteroatoms. The van der Waals surface area contributed by atoms with Gasteiger partial charge in [-0.3, -0.25) is 10.1 Å². The van der Waals surface area contributed by atoms with Crippen molar-refractivity contribution in [2.45, 2.75) is 38.4 Å². The van der Waals surface area contributed by atoms with Crippen LogP contribution in [0.5, 0.6) is 0 Å². The lowest BCUT2D eigenvalue weighted by atomic mass is 10.0. The summed E-state index contributed by atoms with van der Waals surface area (Å²) in [7, 11) is 0. The molecule has 0 radical (unpaired) electrons. The minimum Gasteiger partial charge on any atom is -0.467 e. The van der Waals surface area contributed by atoms with Gasteiger partial charge in [0.05, 0.1) is 18.8 Å². The van der Waals surface area contributed by atoms with E-state index in [1.54, 1.807) is 6.26 Å². The monoisotopic (exact) mass is 251 g/mol. The lowest BCUT2D eigenvalue weighted by Crippen LogP contribution is -2.53. The number of hydrogen-bond acceptors (Lipinski definition) is 4. The van der Waals surface area contributed by atoms with Gasteiger partial charge < -0.3 is 15.1 Å². The van der Waals surface area contributed by atoms with Gasteiger partial charge in [-0.25, -0.2) is 0 Å². The Morgan fingerprint density at radius 3 is 3.11 bits per heavy atom. The largest absolute Gasteiger partial charge is 0.467 e. The normalized spacial score (nSPS) is 25.0. The van der Waals surface area contributed by atoms with Crippen LogP contribution in [0.15, 0.2) is 22.8 Å². The van der Waals surface area contributed by atoms with E-state index < -0.39 is 0 Å². The standard InChI is InChI=1S/C13H21N3O2/c1-10(16-13(2)5-6-14-9-13)12(17)15-8-11-4-3-7-18-11/h3-4,7,10,14,16H,5-6,8-9H2,1-2H3,(H,15,17). The minimum absolute atomic E-state index is 0.000440. The second kappa shape index (κ2) is 5.54. The highest BCUT2D eigenvalue weighted by atomic mass is 16.3. The van der Waals surface area contributed by atoms with Crippen molar-refractivity contribution in [3.63, 3.8) is 0 Å². The molecule has 18 heavy (non-hydrogen) atoms. The summed E-state index contributed by atoms with van der Waals surface area (Å²) in [5.74, 6) is 0.767. The summed E-state index contributed by atoms with van der Waals surface area (Å²) in [6, 6.07) is 3.46. The second-order valence-corrected chi connectivity index (χ2v) is 5.15. The van der Waals surface area contributed by atoms with E-state index in [2.05, 4.69) is 22.9 Å². The first-order chi connectivity index (χ1) is 8.59. The van der Waals surface area contributed by atoms with Crippen LogP contribution in [0.2, 0.25) is 0 Å². The Kier molecular flexibility index (Phi) is 4.04. The molecule has 1 aromatic heterocycles. The first kappa shape index (κ1) is 13.1. The Hall–Kier alpha value is -1.33. The van der Waals surface area contributed by atoms with Crippen molar-refractivity contribution in [3.05, 3.63) is 24.2 Å². The number of rotatable bonds is 5. The minimum atomic E-state index is -0.204. The van der Waals surface area contributed by atoms with Crippen LogP contribution >= 0.6 is 0 Å². The van der Waals surface area contributed by atoms with Gasteiger partial charge in [-0.05, 0) is 38.9 Å². The lowest BCUT2D eigenvalue weighted by molar-refractivity contribution is -0.123. The van der Waals surface area contributed by atoms with Crippen LogP contribution in [-0.4, -0.2) is 30.6 Å². The highest BCUT2D eigenvalue weighted by Gasteiger charge is 2.31. The Morgan fingerprint density at radius 2 is 2.50 bits per heavy atom. The summed E-state index contributed by atoms with van der Waals surface area (Å²) in [6.45, 7) is 6.38. The van der Waals surface area contributed by atoms with E-state index in [9.17, 15) is 4.79 Å². The second-order valence-electron chi connectivity index (χ2n) is 5.15. The third-order valence-corrected chi connectivity index (χ3v) is 3.34. The van der Waals surface area contributed by atoms with Crippen LogP contribution in [-0.2, 0) is 11.3 Å². The molecule has 1 aromatic rings. The average molecular weight is 251 g/mol. The van der Waals surface area contributed by atoms with Crippen molar-refractivity contribution in [1.82, 2.24) is 16.0 Å². The number of furan rings is 1. The van der Waals surface area contributed by atoms with E-state index in [-0.39, 0.29) is 17.5 Å². The van der Waals surface area contributed by atoms with E-state index in [4.69, 9.17) is 4.42 Å². The molecule has 100 valence electrons. The first-order valence-electron chi connectivity index (χ1n) is 6.38. The highest BCUT2D eigenvalue weighted by molar-refractivity contribution is 5.81. The fourth-order valence-electron chi connectivity index (χ4n) is 2.27. The molecule has 1 fully saturated rings. The van der Waals surface area contributed by atoms with E-state index in [1.807, 2.05) is 19.1 Å². The number of amides is 1. The maximum atomic E-state index is 11.9. The third kappa shape index (κ3) is 3.34. The number of carbonyl (C=O) groups excluding carboxylic acids is 1. The fraction of sp³-hybridized carbons (Fsp3) is 0.615. The number of nitrogens with one attached hydrogen (secondary N) is 3. The fourth-order valence-corrected chi connectivity index (χ4v) is 2.27. The third-order valence-electron chi connectivity index (χ3n) is 3.34. The van der Waals surface area contributed by atoms with Crippen molar-refractivity contribution in [3.8, 4) is 0 Å². The molecule has 1 aliphatic rings. The SMILES string of the molecule is CC(NC1(C)CCNC1)C(=O)NCc1ccco1. The van der Waals surface area contributed by atoms with Crippen molar-refractivity contribution in [2.75, 3.05) is 13.1 Å². The molecule has 1 aliphatic heterocycles. The van der Waals surface area contributed by atoms with Gasteiger partial charge in [0.1, 0.15) is 5.76 Å². The smallest absolute Gasteiger partial charge is 0.237 e. The first-order valence-corrected chi connectivity index (χ1v) is 6.38. The van der Waals surface area contributed by atoms with E-state index in [0.29, 0.717) is 6.54 Å². The van der Waals surface area contributed by atoms with Crippen molar-refractivity contribution >= 4 is 5.91 Å². The molecule has 2 rings (SSSR count). The van der Waals surface area contributed by atoms with Gasteiger partial charge in [0.15, 0.2) is 0 Å². The molecular weight excluding hydrogens is 230 g/mol. The Bertz CT molecular complexity index is 383. The Labute approximate surface area is 107 Å². The zero-order valence-corrected chi connectivity index (χ0v) is 11.0. The van der Waals surface area contributed by atoms with Crippen molar-refractivity contribution in [1.29, 1.82) is 0 Å². The number of carbonyl (C=O) groups is 1. The van der Waals surface area contributed by atoms with Crippen LogP contribution in [0, 0.1) is 0 Å². The van der Waals surface area contributed by atoms with Crippen molar-refractivity contribution < 1.29 is 9.21 Å². The summed E-state index contributed by atoms with van der Waals surface area (Å²) in [5.41, 5.74) is 0.0153. The van der Waals surface area contributed by atoms with E-state index >= 15 is 0 Å². The quantitative estimate of drug-likeness (QED) is 0.718. The van der Waals surface area contributed by atoms with Gasteiger partial charge in [0.2, 0.25) is 5.91 Å².